The molecule has 4 nitrogen and oxygen atoms in total. The van der Waals surface area contributed by atoms with Crippen LogP contribution in [0.15, 0.2) is 34.9 Å². The van der Waals surface area contributed by atoms with E-state index in [0.29, 0.717) is 6.42 Å². The molecule has 2 heterocycles. The molecular weight excluding hydrogens is 378 g/mol. The van der Waals surface area contributed by atoms with Gasteiger partial charge in [0.15, 0.2) is 0 Å². The second kappa shape index (κ2) is 7.83. The normalized spacial score (nSPS) is 19.3. The number of carbonyl (C=O) groups is 1. The predicted molar refractivity (Wildman–Crippen MR) is 104 cm³/mol. The Balaban J connectivity index is 1.86. The zero-order valence-electron chi connectivity index (χ0n) is 15.2. The number of hydrogen-bond donors (Lipinski definition) is 0. The summed E-state index contributed by atoms with van der Waals surface area (Å²) in [5.41, 5.74) is 3.22. The SMILES string of the molecule is CC(=O)CC(CN1CCC(C)C1)c1cccc(-n2nc(C)cc2Br)c1. The third-order valence-electron chi connectivity index (χ3n) is 4.89. The number of ketones is 1. The number of carbonyl (C=O) groups excluding carboxylic acids is 1. The van der Waals surface area contributed by atoms with E-state index in [0.717, 1.165) is 41.5 Å². The Morgan fingerprint density at radius 2 is 2.20 bits per heavy atom. The van der Waals surface area contributed by atoms with Crippen molar-refractivity contribution in [1.82, 2.24) is 14.7 Å². The molecule has 1 fully saturated rings. The molecule has 1 aliphatic rings. The highest BCUT2D eigenvalue weighted by Gasteiger charge is 2.24. The Labute approximate surface area is 158 Å². The molecule has 25 heavy (non-hydrogen) atoms. The lowest BCUT2D eigenvalue weighted by molar-refractivity contribution is -0.117. The van der Waals surface area contributed by atoms with Gasteiger partial charge in [-0.2, -0.15) is 5.10 Å². The number of aromatic nitrogens is 2. The summed E-state index contributed by atoms with van der Waals surface area (Å²) in [5.74, 6) is 1.24. The molecule has 0 N–H and O–H groups in total. The monoisotopic (exact) mass is 403 g/mol. The van der Waals surface area contributed by atoms with Crippen molar-refractivity contribution in [3.63, 3.8) is 0 Å². The van der Waals surface area contributed by atoms with E-state index in [2.05, 4.69) is 57.1 Å². The van der Waals surface area contributed by atoms with Gasteiger partial charge in [-0.25, -0.2) is 4.68 Å². The number of nitrogens with zero attached hydrogens (tertiary/aromatic N) is 3. The van der Waals surface area contributed by atoms with Crippen LogP contribution in [0.3, 0.4) is 0 Å². The van der Waals surface area contributed by atoms with Crippen molar-refractivity contribution in [3.05, 3.63) is 46.2 Å². The van der Waals surface area contributed by atoms with E-state index in [1.54, 1.807) is 6.92 Å². The smallest absolute Gasteiger partial charge is 0.130 e. The molecule has 1 aromatic heterocycles. The number of halogens is 1. The van der Waals surface area contributed by atoms with Crippen molar-refractivity contribution in [2.45, 2.75) is 39.5 Å². The Bertz CT molecular complexity index is 755. The molecule has 0 spiro atoms. The second-order valence-corrected chi connectivity index (χ2v) is 8.18. The van der Waals surface area contributed by atoms with Gasteiger partial charge in [0.25, 0.3) is 0 Å². The maximum atomic E-state index is 11.8. The quantitative estimate of drug-likeness (QED) is 0.719. The topological polar surface area (TPSA) is 38.1 Å². The van der Waals surface area contributed by atoms with E-state index in [1.165, 1.54) is 12.0 Å². The lowest BCUT2D eigenvalue weighted by atomic mass is 9.93. The summed E-state index contributed by atoms with van der Waals surface area (Å²) in [6.45, 7) is 9.21. The molecule has 1 aromatic carbocycles. The fourth-order valence-corrected chi connectivity index (χ4v) is 4.31. The molecule has 2 unspecified atom stereocenters. The van der Waals surface area contributed by atoms with Crippen molar-refractivity contribution >= 4 is 21.7 Å². The summed E-state index contributed by atoms with van der Waals surface area (Å²) in [4.78, 5) is 14.3. The first-order valence-corrected chi connectivity index (χ1v) is 9.76. The summed E-state index contributed by atoms with van der Waals surface area (Å²) in [5, 5.41) is 4.55. The Morgan fingerprint density at radius 3 is 2.80 bits per heavy atom. The van der Waals surface area contributed by atoms with Crippen LogP contribution in [0.25, 0.3) is 5.69 Å². The minimum atomic E-state index is 0.234. The van der Waals surface area contributed by atoms with E-state index in [9.17, 15) is 4.79 Å². The summed E-state index contributed by atoms with van der Waals surface area (Å²) in [6, 6.07) is 10.4. The number of Topliss-reactive ketones (excluding diaryl/α,β-unsaturated/α-hetero) is 1. The van der Waals surface area contributed by atoms with Crippen LogP contribution < -0.4 is 0 Å². The minimum absolute atomic E-state index is 0.234. The number of benzene rings is 1. The van der Waals surface area contributed by atoms with Crippen LogP contribution in [0.2, 0.25) is 0 Å². The summed E-state index contributed by atoms with van der Waals surface area (Å²) >= 11 is 3.57. The fraction of sp³-hybridized carbons (Fsp3) is 0.500. The maximum Gasteiger partial charge on any atom is 0.130 e. The molecule has 5 heteroatoms. The minimum Gasteiger partial charge on any atom is -0.302 e. The van der Waals surface area contributed by atoms with Crippen LogP contribution in [0.1, 0.15) is 43.9 Å². The van der Waals surface area contributed by atoms with Gasteiger partial charge in [0.2, 0.25) is 0 Å². The van der Waals surface area contributed by atoms with Gasteiger partial charge in [-0.3, -0.25) is 0 Å². The highest BCUT2D eigenvalue weighted by atomic mass is 79.9. The van der Waals surface area contributed by atoms with Gasteiger partial charge in [-0.15, -0.1) is 0 Å². The van der Waals surface area contributed by atoms with Crippen molar-refractivity contribution in [2.24, 2.45) is 5.92 Å². The van der Waals surface area contributed by atoms with E-state index >= 15 is 0 Å². The van der Waals surface area contributed by atoms with Crippen LogP contribution >= 0.6 is 15.9 Å². The lowest BCUT2D eigenvalue weighted by Gasteiger charge is -2.24. The first-order chi connectivity index (χ1) is 11.9. The Morgan fingerprint density at radius 1 is 1.40 bits per heavy atom. The largest absolute Gasteiger partial charge is 0.302 e. The van der Waals surface area contributed by atoms with Crippen molar-refractivity contribution in [1.29, 1.82) is 0 Å². The van der Waals surface area contributed by atoms with Gasteiger partial charge in [-0.05, 0) is 72.4 Å². The van der Waals surface area contributed by atoms with Gasteiger partial charge in [0, 0.05) is 25.4 Å². The zero-order chi connectivity index (χ0) is 18.0. The highest BCUT2D eigenvalue weighted by Crippen LogP contribution is 2.27. The van der Waals surface area contributed by atoms with Crippen LogP contribution in [-0.4, -0.2) is 40.1 Å². The molecule has 2 atom stereocenters. The van der Waals surface area contributed by atoms with E-state index in [1.807, 2.05) is 17.7 Å². The van der Waals surface area contributed by atoms with Crippen molar-refractivity contribution in [2.75, 3.05) is 19.6 Å². The Hall–Kier alpha value is -1.46. The van der Waals surface area contributed by atoms with Gasteiger partial charge in [0.1, 0.15) is 10.4 Å². The van der Waals surface area contributed by atoms with Crippen LogP contribution in [0.5, 0.6) is 0 Å². The number of hydrogen-bond acceptors (Lipinski definition) is 3. The van der Waals surface area contributed by atoms with Crippen LogP contribution in [0.4, 0.5) is 0 Å². The van der Waals surface area contributed by atoms with Gasteiger partial charge in [-0.1, -0.05) is 19.1 Å². The fourth-order valence-electron chi connectivity index (χ4n) is 3.70. The molecule has 1 saturated heterocycles. The average Bonchev–Trinajstić information content (AvgIpc) is 3.11. The van der Waals surface area contributed by atoms with E-state index < -0.39 is 0 Å². The lowest BCUT2D eigenvalue weighted by Crippen LogP contribution is -2.27. The van der Waals surface area contributed by atoms with Gasteiger partial charge < -0.3 is 9.69 Å². The number of rotatable bonds is 6. The van der Waals surface area contributed by atoms with Crippen LogP contribution in [0, 0.1) is 12.8 Å². The number of likely N-dealkylation sites (tertiary alicyclic amines) is 1. The molecule has 134 valence electrons. The third kappa shape index (κ3) is 4.59. The van der Waals surface area contributed by atoms with Crippen LogP contribution in [-0.2, 0) is 4.79 Å². The molecule has 0 bridgehead atoms. The summed E-state index contributed by atoms with van der Waals surface area (Å²) < 4.78 is 2.85. The summed E-state index contributed by atoms with van der Waals surface area (Å²) in [7, 11) is 0. The molecule has 0 aliphatic carbocycles. The highest BCUT2D eigenvalue weighted by molar-refractivity contribution is 9.10. The summed E-state index contributed by atoms with van der Waals surface area (Å²) in [6.07, 6.45) is 1.85. The molecular formula is C20H26BrN3O. The standard InChI is InChI=1S/C20H26BrN3O/c1-14-7-8-23(12-14)13-18(10-16(3)25)17-5-4-6-19(11-17)24-20(21)9-15(2)22-24/h4-6,9,11,14,18H,7-8,10,12-13H2,1-3H3. The second-order valence-electron chi connectivity index (χ2n) is 7.37. The third-order valence-corrected chi connectivity index (χ3v) is 5.46. The maximum absolute atomic E-state index is 11.8. The molecule has 3 rings (SSSR count). The average molecular weight is 404 g/mol. The molecule has 0 amide bonds. The first-order valence-electron chi connectivity index (χ1n) is 8.96. The van der Waals surface area contributed by atoms with Crippen molar-refractivity contribution in [3.8, 4) is 5.69 Å². The molecule has 2 aromatic rings. The van der Waals surface area contributed by atoms with E-state index in [4.69, 9.17) is 0 Å². The molecule has 1 aliphatic heterocycles. The van der Waals surface area contributed by atoms with E-state index in [-0.39, 0.29) is 11.7 Å². The Kier molecular flexibility index (Phi) is 5.74. The van der Waals surface area contributed by atoms with Gasteiger partial charge in [0.05, 0.1) is 11.4 Å². The zero-order valence-corrected chi connectivity index (χ0v) is 16.8. The molecule has 0 radical (unpaired) electrons. The molecule has 0 saturated carbocycles. The van der Waals surface area contributed by atoms with Gasteiger partial charge >= 0.3 is 0 Å². The predicted octanol–water partition coefficient (Wildman–Crippen LogP) is 4.35. The number of aryl methyl sites for hydroxylation is 1. The first kappa shape index (κ1) is 18.3. The van der Waals surface area contributed by atoms with Crippen molar-refractivity contribution < 1.29 is 4.79 Å².